The zero-order valence-electron chi connectivity index (χ0n) is 8.31. The third-order valence-electron chi connectivity index (χ3n) is 1.71. The van der Waals surface area contributed by atoms with E-state index in [1.807, 2.05) is 0 Å². The molecule has 0 aliphatic heterocycles. The van der Waals surface area contributed by atoms with Gasteiger partial charge in [0.05, 0.1) is 15.9 Å². The molecule has 6 nitrogen and oxygen atoms in total. The Bertz CT molecular complexity index is 515. The Morgan fingerprint density at radius 3 is 2.56 bits per heavy atom. The summed E-state index contributed by atoms with van der Waals surface area (Å²) in [6.07, 6.45) is 0. The lowest BCUT2D eigenvalue weighted by Crippen LogP contribution is -2.23. The molecule has 0 amide bonds. The summed E-state index contributed by atoms with van der Waals surface area (Å²) in [5.41, 5.74) is -0.600. The van der Waals surface area contributed by atoms with E-state index in [1.54, 1.807) is 6.92 Å². The van der Waals surface area contributed by atoms with E-state index in [-0.39, 0.29) is 6.54 Å². The van der Waals surface area contributed by atoms with Crippen molar-refractivity contribution in [1.82, 2.24) is 4.72 Å². The van der Waals surface area contributed by atoms with Gasteiger partial charge >= 0.3 is 0 Å². The number of rotatable bonds is 4. The summed E-state index contributed by atoms with van der Waals surface area (Å²) in [6, 6.07) is 2.19. The highest BCUT2D eigenvalue weighted by Gasteiger charge is 2.18. The lowest BCUT2D eigenvalue weighted by atomic mass is 10.3. The van der Waals surface area contributed by atoms with E-state index in [2.05, 4.69) is 4.72 Å². The van der Waals surface area contributed by atoms with Crippen molar-refractivity contribution in [3.63, 3.8) is 0 Å². The van der Waals surface area contributed by atoms with Gasteiger partial charge in [0, 0.05) is 12.6 Å². The summed E-state index contributed by atoms with van der Waals surface area (Å²) in [5.74, 6) is -0.967. The van der Waals surface area contributed by atoms with Crippen molar-refractivity contribution < 1.29 is 17.7 Å². The predicted octanol–water partition coefficient (Wildman–Crippen LogP) is 1.03. The van der Waals surface area contributed by atoms with E-state index in [9.17, 15) is 22.9 Å². The molecule has 0 aliphatic carbocycles. The van der Waals surface area contributed by atoms with Gasteiger partial charge in [0.15, 0.2) is 0 Å². The van der Waals surface area contributed by atoms with Crippen LogP contribution in [0.25, 0.3) is 0 Å². The van der Waals surface area contributed by atoms with Crippen LogP contribution in [0.5, 0.6) is 0 Å². The number of nitro benzene ring substituents is 1. The third kappa shape index (κ3) is 2.74. The number of nitrogens with one attached hydrogen (secondary N) is 1. The van der Waals surface area contributed by atoms with Crippen LogP contribution in [0.15, 0.2) is 23.1 Å². The number of nitrogens with zero attached hydrogens (tertiary/aromatic N) is 1. The fraction of sp³-hybridized carbons (Fsp3) is 0.250. The minimum absolute atomic E-state index is 0.118. The van der Waals surface area contributed by atoms with Crippen LogP contribution in [-0.2, 0) is 10.0 Å². The van der Waals surface area contributed by atoms with Crippen LogP contribution in [0.4, 0.5) is 10.1 Å². The minimum Gasteiger partial charge on any atom is -0.258 e. The quantitative estimate of drug-likeness (QED) is 0.636. The molecule has 0 atom stereocenters. The van der Waals surface area contributed by atoms with Gasteiger partial charge in [-0.15, -0.1) is 0 Å². The van der Waals surface area contributed by atoms with Gasteiger partial charge in [-0.25, -0.2) is 17.5 Å². The van der Waals surface area contributed by atoms with Crippen LogP contribution in [-0.4, -0.2) is 19.9 Å². The van der Waals surface area contributed by atoms with Gasteiger partial charge in [-0.3, -0.25) is 10.1 Å². The molecule has 1 aromatic rings. The Morgan fingerprint density at radius 2 is 2.06 bits per heavy atom. The van der Waals surface area contributed by atoms with Gasteiger partial charge in [0.2, 0.25) is 10.0 Å². The summed E-state index contributed by atoms with van der Waals surface area (Å²) < 4.78 is 38.0. The number of hydrogen-bond acceptors (Lipinski definition) is 4. The fourth-order valence-corrected chi connectivity index (χ4v) is 2.17. The lowest BCUT2D eigenvalue weighted by Gasteiger charge is -2.04. The second kappa shape index (κ2) is 4.54. The lowest BCUT2D eigenvalue weighted by molar-refractivity contribution is -0.385. The van der Waals surface area contributed by atoms with Crippen molar-refractivity contribution in [2.45, 2.75) is 11.8 Å². The van der Waals surface area contributed by atoms with Gasteiger partial charge in [0.1, 0.15) is 5.82 Å². The maximum Gasteiger partial charge on any atom is 0.273 e. The van der Waals surface area contributed by atoms with Crippen molar-refractivity contribution in [2.75, 3.05) is 6.54 Å². The van der Waals surface area contributed by atoms with Crippen LogP contribution >= 0.6 is 0 Å². The average molecular weight is 248 g/mol. The van der Waals surface area contributed by atoms with E-state index in [0.717, 1.165) is 12.1 Å². The molecule has 16 heavy (non-hydrogen) atoms. The molecule has 0 fully saturated rings. The first kappa shape index (κ1) is 12.5. The number of hydrogen-bond donors (Lipinski definition) is 1. The van der Waals surface area contributed by atoms with Crippen LogP contribution in [0.3, 0.4) is 0 Å². The highest BCUT2D eigenvalue weighted by Crippen LogP contribution is 2.19. The molecule has 1 N–H and O–H groups in total. The minimum atomic E-state index is -3.88. The van der Waals surface area contributed by atoms with Crippen molar-refractivity contribution in [1.29, 1.82) is 0 Å². The number of sulfonamides is 1. The molecular formula is C8H9FN2O4S. The molecule has 0 radical (unpaired) electrons. The second-order valence-electron chi connectivity index (χ2n) is 2.90. The Labute approximate surface area is 91.3 Å². The first-order valence-electron chi connectivity index (χ1n) is 4.31. The highest BCUT2D eigenvalue weighted by atomic mass is 32.2. The van der Waals surface area contributed by atoms with E-state index in [0.29, 0.717) is 6.07 Å². The molecular weight excluding hydrogens is 239 g/mol. The van der Waals surface area contributed by atoms with Crippen molar-refractivity contribution in [3.05, 3.63) is 34.1 Å². The number of nitro groups is 1. The normalized spacial score (nSPS) is 11.4. The number of halogens is 1. The third-order valence-corrected chi connectivity index (χ3v) is 3.24. The first-order chi connectivity index (χ1) is 7.36. The number of benzene rings is 1. The maximum absolute atomic E-state index is 13.0. The van der Waals surface area contributed by atoms with Gasteiger partial charge in [-0.2, -0.15) is 0 Å². The van der Waals surface area contributed by atoms with E-state index < -0.39 is 31.3 Å². The molecule has 0 bridgehead atoms. The molecule has 0 aliphatic rings. The monoisotopic (exact) mass is 248 g/mol. The largest absolute Gasteiger partial charge is 0.273 e. The summed E-state index contributed by atoms with van der Waals surface area (Å²) in [5, 5.41) is 10.4. The fourth-order valence-electron chi connectivity index (χ4n) is 1.08. The molecule has 0 aromatic heterocycles. The average Bonchev–Trinajstić information content (AvgIpc) is 2.16. The first-order valence-corrected chi connectivity index (χ1v) is 5.80. The summed E-state index contributed by atoms with van der Waals surface area (Å²) in [6.45, 7) is 1.66. The maximum atomic E-state index is 13.0. The van der Waals surface area contributed by atoms with Crippen molar-refractivity contribution in [3.8, 4) is 0 Å². The number of non-ortho nitro benzene ring substituents is 1. The SMILES string of the molecule is CCNS(=O)(=O)c1cc(F)cc([N+](=O)[O-])c1. The summed E-state index contributed by atoms with van der Waals surface area (Å²) in [4.78, 5) is 9.10. The molecule has 0 unspecified atom stereocenters. The van der Waals surface area contributed by atoms with E-state index in [4.69, 9.17) is 0 Å². The Hall–Kier alpha value is -1.54. The molecule has 0 saturated carbocycles. The Kier molecular flexibility index (Phi) is 3.55. The zero-order chi connectivity index (χ0) is 12.3. The second-order valence-corrected chi connectivity index (χ2v) is 4.67. The molecule has 0 saturated heterocycles. The molecule has 88 valence electrons. The van der Waals surface area contributed by atoms with Crippen LogP contribution < -0.4 is 4.72 Å². The van der Waals surface area contributed by atoms with E-state index >= 15 is 0 Å². The van der Waals surface area contributed by atoms with Gasteiger partial charge in [0.25, 0.3) is 5.69 Å². The molecule has 1 aromatic carbocycles. The summed E-state index contributed by atoms with van der Waals surface area (Å²) >= 11 is 0. The molecule has 1 rings (SSSR count). The highest BCUT2D eigenvalue weighted by molar-refractivity contribution is 7.89. The van der Waals surface area contributed by atoms with Gasteiger partial charge in [-0.1, -0.05) is 6.92 Å². The standard InChI is InChI=1S/C8H9FN2O4S/c1-2-10-16(14,15)8-4-6(9)3-7(5-8)11(12)13/h3-5,10H,2H2,1H3. The van der Waals surface area contributed by atoms with Gasteiger partial charge in [-0.05, 0) is 6.07 Å². The van der Waals surface area contributed by atoms with Crippen molar-refractivity contribution in [2.24, 2.45) is 0 Å². The van der Waals surface area contributed by atoms with Crippen molar-refractivity contribution >= 4 is 15.7 Å². The Morgan fingerprint density at radius 1 is 1.44 bits per heavy atom. The van der Waals surface area contributed by atoms with Gasteiger partial charge < -0.3 is 0 Å². The van der Waals surface area contributed by atoms with E-state index in [1.165, 1.54) is 0 Å². The Balaban J connectivity index is 3.30. The van der Waals surface area contributed by atoms with Crippen LogP contribution in [0, 0.1) is 15.9 Å². The topological polar surface area (TPSA) is 89.3 Å². The van der Waals surface area contributed by atoms with Crippen LogP contribution in [0.1, 0.15) is 6.92 Å². The smallest absolute Gasteiger partial charge is 0.258 e. The zero-order valence-corrected chi connectivity index (χ0v) is 9.12. The molecule has 0 heterocycles. The predicted molar refractivity (Wildman–Crippen MR) is 53.9 cm³/mol. The van der Waals surface area contributed by atoms with Crippen LogP contribution in [0.2, 0.25) is 0 Å². The summed E-state index contributed by atoms with van der Waals surface area (Å²) in [7, 11) is -3.88. The molecule has 8 heteroatoms. The molecule has 0 spiro atoms.